The molecule has 29 heavy (non-hydrogen) atoms. The molecule has 1 aromatic heterocycles. The van der Waals surface area contributed by atoms with E-state index in [0.29, 0.717) is 12.5 Å². The Bertz CT molecular complexity index is 904. The number of hydrogen-bond donors (Lipinski definition) is 2. The number of rotatable bonds is 8. The number of benzene rings is 2. The Morgan fingerprint density at radius 1 is 1.17 bits per heavy atom. The first-order chi connectivity index (χ1) is 14.2. The topological polar surface area (TPSA) is 70.6 Å². The van der Waals surface area contributed by atoms with Gasteiger partial charge >= 0.3 is 0 Å². The van der Waals surface area contributed by atoms with Crippen molar-refractivity contribution in [3.05, 3.63) is 54.2 Å². The summed E-state index contributed by atoms with van der Waals surface area (Å²) in [6.07, 6.45) is 3.43. The van der Waals surface area contributed by atoms with E-state index in [2.05, 4.69) is 15.1 Å². The van der Waals surface area contributed by atoms with Gasteiger partial charge in [-0.25, -0.2) is 0 Å². The summed E-state index contributed by atoms with van der Waals surface area (Å²) in [4.78, 5) is 2.32. The second-order valence-electron chi connectivity index (χ2n) is 7.93. The lowest BCUT2D eigenvalue weighted by Gasteiger charge is -2.33. The largest absolute Gasteiger partial charge is 0.493 e. The van der Waals surface area contributed by atoms with Crippen molar-refractivity contribution in [2.45, 2.75) is 25.9 Å². The number of aryl methyl sites for hydroxylation is 1. The Labute approximate surface area is 171 Å². The van der Waals surface area contributed by atoms with E-state index >= 15 is 0 Å². The second kappa shape index (κ2) is 9.29. The van der Waals surface area contributed by atoms with Crippen LogP contribution in [0.15, 0.2) is 48.7 Å². The number of ether oxygens (including phenoxy) is 2. The van der Waals surface area contributed by atoms with Crippen molar-refractivity contribution in [1.82, 2.24) is 15.1 Å². The minimum Gasteiger partial charge on any atom is -0.493 e. The lowest BCUT2D eigenvalue weighted by atomic mass is 9.97. The van der Waals surface area contributed by atoms with Gasteiger partial charge in [-0.2, -0.15) is 5.10 Å². The van der Waals surface area contributed by atoms with Crippen LogP contribution in [-0.4, -0.2) is 59.2 Å². The normalized spacial score (nSPS) is 16.8. The number of nitrogens with one attached hydrogen (secondary N) is 1. The highest BCUT2D eigenvalue weighted by Crippen LogP contribution is 2.26. The number of para-hydroxylation sites is 1. The molecule has 0 spiro atoms. The van der Waals surface area contributed by atoms with Crippen molar-refractivity contribution in [2.24, 2.45) is 5.92 Å². The molecule has 1 aliphatic heterocycles. The maximum absolute atomic E-state index is 10.5. The first kappa shape index (κ1) is 19.7. The number of piperidine rings is 1. The van der Waals surface area contributed by atoms with Crippen LogP contribution in [0, 0.1) is 12.8 Å². The molecule has 0 amide bonds. The summed E-state index contributed by atoms with van der Waals surface area (Å²) in [6, 6.07) is 14.0. The molecule has 1 aliphatic rings. The van der Waals surface area contributed by atoms with Crippen LogP contribution in [0.1, 0.15) is 18.4 Å². The van der Waals surface area contributed by atoms with E-state index in [1.54, 1.807) is 6.20 Å². The van der Waals surface area contributed by atoms with Gasteiger partial charge in [0.05, 0.1) is 23.7 Å². The van der Waals surface area contributed by atoms with Gasteiger partial charge in [-0.05, 0) is 68.6 Å². The van der Waals surface area contributed by atoms with Crippen molar-refractivity contribution >= 4 is 10.9 Å². The van der Waals surface area contributed by atoms with Crippen LogP contribution in [-0.2, 0) is 0 Å². The van der Waals surface area contributed by atoms with E-state index in [1.165, 1.54) is 0 Å². The number of aromatic nitrogens is 2. The van der Waals surface area contributed by atoms with E-state index in [9.17, 15) is 5.11 Å². The maximum Gasteiger partial charge on any atom is 0.130 e. The van der Waals surface area contributed by atoms with Crippen molar-refractivity contribution in [2.75, 3.05) is 32.8 Å². The zero-order chi connectivity index (χ0) is 20.1. The fraction of sp³-hybridized carbons (Fsp3) is 0.435. The number of likely N-dealkylation sites (tertiary alicyclic amines) is 1. The highest BCUT2D eigenvalue weighted by Gasteiger charge is 2.22. The predicted molar refractivity (Wildman–Crippen MR) is 113 cm³/mol. The SMILES string of the molecule is Cc1cc(OCC(O)CN2CCC(COc3ccccc3)CC2)c2cn[nH]c2c1. The first-order valence-corrected chi connectivity index (χ1v) is 10.3. The van der Waals surface area contributed by atoms with Crippen LogP contribution in [0.4, 0.5) is 0 Å². The summed E-state index contributed by atoms with van der Waals surface area (Å²) >= 11 is 0. The number of β-amino-alcohol motifs (C(OH)–C–C–N with tert-alkyl or cyclic N) is 1. The van der Waals surface area contributed by atoms with Gasteiger partial charge in [0.1, 0.15) is 24.2 Å². The molecule has 6 heteroatoms. The van der Waals surface area contributed by atoms with Gasteiger partial charge in [0.2, 0.25) is 0 Å². The number of aliphatic hydroxyl groups excluding tert-OH is 1. The van der Waals surface area contributed by atoms with Crippen LogP contribution in [0.25, 0.3) is 10.9 Å². The third-order valence-corrected chi connectivity index (χ3v) is 5.50. The zero-order valence-corrected chi connectivity index (χ0v) is 16.9. The number of nitrogens with zero attached hydrogens (tertiary/aromatic N) is 2. The average Bonchev–Trinajstić information content (AvgIpc) is 3.21. The summed E-state index contributed by atoms with van der Waals surface area (Å²) < 4.78 is 11.8. The summed E-state index contributed by atoms with van der Waals surface area (Å²) in [5.74, 6) is 2.27. The van der Waals surface area contributed by atoms with E-state index in [-0.39, 0.29) is 6.61 Å². The summed E-state index contributed by atoms with van der Waals surface area (Å²) in [5.41, 5.74) is 2.06. The monoisotopic (exact) mass is 395 g/mol. The van der Waals surface area contributed by atoms with Gasteiger partial charge in [0, 0.05) is 6.54 Å². The number of fused-ring (bicyclic) bond motifs is 1. The second-order valence-corrected chi connectivity index (χ2v) is 7.93. The molecule has 3 aromatic rings. The van der Waals surface area contributed by atoms with Crippen molar-refractivity contribution in [3.63, 3.8) is 0 Å². The highest BCUT2D eigenvalue weighted by molar-refractivity contribution is 5.85. The molecule has 6 nitrogen and oxygen atoms in total. The Kier molecular flexibility index (Phi) is 6.32. The van der Waals surface area contributed by atoms with Gasteiger partial charge in [-0.3, -0.25) is 5.10 Å². The minimum atomic E-state index is -0.519. The summed E-state index contributed by atoms with van der Waals surface area (Å²) in [5, 5.41) is 18.5. The number of aliphatic hydroxyl groups is 1. The van der Waals surface area contributed by atoms with Gasteiger partial charge in [0.25, 0.3) is 0 Å². The maximum atomic E-state index is 10.5. The molecular formula is C23H29N3O3. The molecular weight excluding hydrogens is 366 g/mol. The smallest absolute Gasteiger partial charge is 0.130 e. The van der Waals surface area contributed by atoms with Gasteiger partial charge in [0.15, 0.2) is 0 Å². The van der Waals surface area contributed by atoms with Crippen molar-refractivity contribution < 1.29 is 14.6 Å². The lowest BCUT2D eigenvalue weighted by Crippen LogP contribution is -2.41. The Morgan fingerprint density at radius 2 is 1.97 bits per heavy atom. The quantitative estimate of drug-likeness (QED) is 0.612. The van der Waals surface area contributed by atoms with E-state index < -0.39 is 6.10 Å². The van der Waals surface area contributed by atoms with E-state index in [1.807, 2.05) is 49.4 Å². The molecule has 154 valence electrons. The molecule has 2 N–H and O–H groups in total. The van der Waals surface area contributed by atoms with Gasteiger partial charge in [-0.1, -0.05) is 18.2 Å². The molecule has 1 fully saturated rings. The van der Waals surface area contributed by atoms with Crippen molar-refractivity contribution in [3.8, 4) is 11.5 Å². The van der Waals surface area contributed by atoms with Crippen LogP contribution >= 0.6 is 0 Å². The minimum absolute atomic E-state index is 0.279. The van der Waals surface area contributed by atoms with Gasteiger partial charge < -0.3 is 19.5 Å². The van der Waals surface area contributed by atoms with Crippen LogP contribution in [0.2, 0.25) is 0 Å². The average molecular weight is 396 g/mol. The van der Waals surface area contributed by atoms with E-state index in [4.69, 9.17) is 9.47 Å². The number of H-pyrrole nitrogens is 1. The third kappa shape index (κ3) is 5.28. The highest BCUT2D eigenvalue weighted by atomic mass is 16.5. The van der Waals surface area contributed by atoms with Crippen LogP contribution in [0.5, 0.6) is 11.5 Å². The molecule has 0 bridgehead atoms. The molecule has 1 saturated heterocycles. The Hall–Kier alpha value is -2.57. The van der Waals surface area contributed by atoms with Crippen molar-refractivity contribution in [1.29, 1.82) is 0 Å². The molecule has 2 aromatic carbocycles. The molecule has 0 radical (unpaired) electrons. The molecule has 4 rings (SSSR count). The van der Waals surface area contributed by atoms with Crippen LogP contribution in [0.3, 0.4) is 0 Å². The third-order valence-electron chi connectivity index (χ3n) is 5.50. The Morgan fingerprint density at radius 3 is 2.76 bits per heavy atom. The Balaban J connectivity index is 1.20. The van der Waals surface area contributed by atoms with E-state index in [0.717, 1.165) is 60.5 Å². The molecule has 2 heterocycles. The summed E-state index contributed by atoms with van der Waals surface area (Å²) in [7, 11) is 0. The molecule has 1 atom stereocenters. The molecule has 1 unspecified atom stereocenters. The first-order valence-electron chi connectivity index (χ1n) is 10.3. The number of hydrogen-bond acceptors (Lipinski definition) is 5. The fourth-order valence-electron chi connectivity index (χ4n) is 3.88. The molecule has 0 aliphatic carbocycles. The standard InChI is InChI=1S/C23H29N3O3/c1-17-11-22-21(13-24-25-22)23(12-17)29-16-19(27)14-26-9-7-18(8-10-26)15-28-20-5-3-2-4-6-20/h2-6,11-13,18-19,27H,7-10,14-16H2,1H3,(H,24,25). The fourth-order valence-corrected chi connectivity index (χ4v) is 3.88. The van der Waals surface area contributed by atoms with Gasteiger partial charge in [-0.15, -0.1) is 0 Å². The lowest BCUT2D eigenvalue weighted by molar-refractivity contribution is 0.0507. The molecule has 0 saturated carbocycles. The predicted octanol–water partition coefficient (Wildman–Crippen LogP) is 3.40. The van der Waals surface area contributed by atoms with Crippen LogP contribution < -0.4 is 9.47 Å². The number of aromatic amines is 1. The zero-order valence-electron chi connectivity index (χ0n) is 16.9. The summed E-state index contributed by atoms with van der Waals surface area (Å²) in [6.45, 7) is 5.66.